The predicted octanol–water partition coefficient (Wildman–Crippen LogP) is 13.1. The third-order valence-electron chi connectivity index (χ3n) is 15.3. The molecule has 0 spiro atoms. The van der Waals surface area contributed by atoms with E-state index in [4.69, 9.17) is 0 Å². The molecule has 0 aromatic heterocycles. The van der Waals surface area contributed by atoms with Crippen LogP contribution in [0, 0.1) is 0 Å². The van der Waals surface area contributed by atoms with Crippen LogP contribution in [0.25, 0.3) is 0 Å². The molecule has 2 radical (unpaired) electrons. The molecule has 24 rings (SSSR count). The number of hydrogen-bond acceptors (Lipinski definition) is 4. The number of carboxylic acids is 4. The summed E-state index contributed by atoms with van der Waals surface area (Å²) in [5, 5.41) is 37.3. The predicted molar refractivity (Wildman–Crippen MR) is 299 cm³/mol. The van der Waals surface area contributed by atoms with Crippen LogP contribution in [0.3, 0.4) is 0 Å². The molecule has 402 valence electrons. The van der Waals surface area contributed by atoms with Crippen LogP contribution >= 0.6 is 0 Å². The average Bonchev–Trinajstić information content (AvgIpc) is 3.43. The number of carboxylic acid groups (broad SMARTS) is 4. The van der Waals surface area contributed by atoms with Crippen molar-refractivity contribution in [2.45, 2.75) is 103 Å². The Kier molecular flexibility index (Phi) is 21.0. The molecule has 0 aliphatic heterocycles. The molecular weight excluding hydrogens is 1150 g/mol. The third kappa shape index (κ3) is 16.0. The molecule has 0 atom stereocenters. The molecule has 0 heterocycles. The van der Waals surface area contributed by atoms with Crippen molar-refractivity contribution in [1.29, 1.82) is 0 Å². The van der Waals surface area contributed by atoms with E-state index >= 15 is 0 Å². The molecule has 0 saturated heterocycles. The minimum absolute atomic E-state index is 0. The first-order valence-corrected chi connectivity index (χ1v) is 26.6. The summed E-state index contributed by atoms with van der Waals surface area (Å²) >= 11 is 0. The molecule has 0 saturated carbocycles. The molecule has 8 aromatic carbocycles. The first-order chi connectivity index (χ1) is 36.9. The quantitative estimate of drug-likeness (QED) is 0.127. The molecule has 8 aromatic rings. The fourth-order valence-electron chi connectivity index (χ4n) is 10.5. The number of aryl methyl sites for hydroxylation is 16. The van der Waals surface area contributed by atoms with Crippen LogP contribution in [-0.2, 0) is 142 Å². The Labute approximate surface area is 483 Å². The third-order valence-corrected chi connectivity index (χ3v) is 15.3. The van der Waals surface area contributed by atoms with E-state index in [1.54, 1.807) is 0 Å². The molecule has 78 heavy (non-hydrogen) atoms. The average molecular weight is 1220 g/mol. The fourth-order valence-corrected chi connectivity index (χ4v) is 10.5. The molecule has 8 nitrogen and oxygen atoms in total. The van der Waals surface area contributed by atoms with Crippen molar-refractivity contribution in [3.8, 4) is 0 Å². The standard InChI is InChI=1S/4C17H16O2.2Rh/c4*18-17(19)16-11-14-6-5-12-1-3-13(4-2-12)7-9-15(16)10-8-14;;/h4*1-4,8,10-11H,5-7,9H2,(H,18,19);;. The van der Waals surface area contributed by atoms with E-state index in [1.165, 1.54) is 44.5 Å². The molecular formula is C68H64O8Rh2. The van der Waals surface area contributed by atoms with Crippen LogP contribution in [0.2, 0.25) is 0 Å². The van der Waals surface area contributed by atoms with Crippen molar-refractivity contribution in [1.82, 2.24) is 0 Å². The Bertz CT molecular complexity index is 2910. The summed E-state index contributed by atoms with van der Waals surface area (Å²) < 4.78 is 0. The maximum absolute atomic E-state index is 11.3. The first kappa shape index (κ1) is 58.6. The molecule has 16 aliphatic carbocycles. The summed E-state index contributed by atoms with van der Waals surface area (Å²) in [6, 6.07) is 58.2. The summed E-state index contributed by atoms with van der Waals surface area (Å²) in [7, 11) is 0. The van der Waals surface area contributed by atoms with Gasteiger partial charge in [-0.05, 0) is 216 Å². The molecule has 0 amide bonds. The van der Waals surface area contributed by atoms with Gasteiger partial charge in [0.05, 0.1) is 22.3 Å². The minimum Gasteiger partial charge on any atom is -0.478 e. The molecule has 0 fully saturated rings. The van der Waals surface area contributed by atoms with Gasteiger partial charge in [0.1, 0.15) is 0 Å². The Balaban J connectivity index is 0.000000149. The largest absolute Gasteiger partial charge is 0.478 e. The number of aromatic carboxylic acids is 4. The van der Waals surface area contributed by atoms with Crippen LogP contribution < -0.4 is 0 Å². The summed E-state index contributed by atoms with van der Waals surface area (Å²) in [5.74, 6) is -3.27. The van der Waals surface area contributed by atoms with Gasteiger partial charge in [0.2, 0.25) is 0 Å². The van der Waals surface area contributed by atoms with Gasteiger partial charge in [0, 0.05) is 39.0 Å². The zero-order valence-corrected chi connectivity index (χ0v) is 46.8. The second-order valence-corrected chi connectivity index (χ2v) is 20.5. The maximum atomic E-state index is 11.3. The summed E-state index contributed by atoms with van der Waals surface area (Å²) in [4.78, 5) is 45.4. The van der Waals surface area contributed by atoms with Crippen molar-refractivity contribution in [3.63, 3.8) is 0 Å². The SMILES string of the molecule is O=C(O)c1cc2ccc1CCc1ccc(cc1)CC2.O=C(O)c1cc2ccc1CCc1ccc(cc1)CC2.O=C(O)c1cc2ccc1CCc1ccc(cc1)CC2.O=C(O)c1cc2ccc1CCc1ccc(cc1)CC2.[Rh].[Rh]. The van der Waals surface area contributed by atoms with Crippen molar-refractivity contribution in [2.75, 3.05) is 0 Å². The van der Waals surface area contributed by atoms with E-state index in [0.29, 0.717) is 22.3 Å². The van der Waals surface area contributed by atoms with E-state index in [2.05, 4.69) is 121 Å². The van der Waals surface area contributed by atoms with E-state index in [0.717, 1.165) is 147 Å². The Morgan fingerprint density at radius 2 is 0.333 bits per heavy atom. The minimum atomic E-state index is -0.817. The number of hydrogen-bond donors (Lipinski definition) is 4. The molecule has 16 bridgehead atoms. The molecule has 10 heteroatoms. The Hall–Kier alpha value is -7.11. The van der Waals surface area contributed by atoms with Gasteiger partial charge in [0.25, 0.3) is 0 Å². The Morgan fingerprint density at radius 3 is 0.487 bits per heavy atom. The van der Waals surface area contributed by atoms with E-state index in [9.17, 15) is 39.6 Å². The second-order valence-electron chi connectivity index (χ2n) is 20.5. The van der Waals surface area contributed by atoms with Crippen molar-refractivity contribution >= 4 is 23.9 Å². The van der Waals surface area contributed by atoms with Crippen LogP contribution in [0.4, 0.5) is 0 Å². The van der Waals surface area contributed by atoms with Gasteiger partial charge in [-0.3, -0.25) is 0 Å². The van der Waals surface area contributed by atoms with Gasteiger partial charge in [-0.2, -0.15) is 0 Å². The summed E-state index contributed by atoms with van der Waals surface area (Å²) in [5.41, 5.74) is 20.3. The molecule has 16 aliphatic rings. The van der Waals surface area contributed by atoms with Crippen molar-refractivity contribution in [2.24, 2.45) is 0 Å². The molecule has 4 N–H and O–H groups in total. The summed E-state index contributed by atoms with van der Waals surface area (Å²) in [6.45, 7) is 0. The summed E-state index contributed by atoms with van der Waals surface area (Å²) in [6.07, 6.45) is 14.1. The van der Waals surface area contributed by atoms with Gasteiger partial charge in [-0.25, -0.2) is 19.2 Å². The van der Waals surface area contributed by atoms with Crippen molar-refractivity contribution in [3.05, 3.63) is 281 Å². The normalized spacial score (nSPS) is 13.5. The topological polar surface area (TPSA) is 149 Å². The fraction of sp³-hybridized carbons (Fsp3) is 0.235. The van der Waals surface area contributed by atoms with Crippen molar-refractivity contribution < 1.29 is 78.6 Å². The van der Waals surface area contributed by atoms with Crippen LogP contribution in [0.15, 0.2) is 170 Å². The smallest absolute Gasteiger partial charge is 0.335 e. The first-order valence-electron chi connectivity index (χ1n) is 26.6. The van der Waals surface area contributed by atoms with Crippen LogP contribution in [0.1, 0.15) is 130 Å². The monoisotopic (exact) mass is 1210 g/mol. The molecule has 0 unspecified atom stereocenters. The van der Waals surface area contributed by atoms with Gasteiger partial charge in [-0.1, -0.05) is 146 Å². The van der Waals surface area contributed by atoms with E-state index in [1.807, 2.05) is 48.5 Å². The van der Waals surface area contributed by atoms with Crippen LogP contribution in [-0.4, -0.2) is 44.3 Å². The number of rotatable bonds is 4. The van der Waals surface area contributed by atoms with Crippen LogP contribution in [0.5, 0.6) is 0 Å². The van der Waals surface area contributed by atoms with E-state index < -0.39 is 23.9 Å². The zero-order valence-electron chi connectivity index (χ0n) is 43.6. The number of benzene rings is 8. The van der Waals surface area contributed by atoms with Gasteiger partial charge in [-0.15, -0.1) is 0 Å². The van der Waals surface area contributed by atoms with Gasteiger partial charge >= 0.3 is 23.9 Å². The zero-order chi connectivity index (χ0) is 53.0. The maximum Gasteiger partial charge on any atom is 0.335 e. The van der Waals surface area contributed by atoms with Gasteiger partial charge < -0.3 is 20.4 Å². The van der Waals surface area contributed by atoms with Gasteiger partial charge in [0.15, 0.2) is 0 Å². The Morgan fingerprint density at radius 1 is 0.205 bits per heavy atom. The number of carbonyl (C=O) groups is 4. The second kappa shape index (κ2) is 28.0. The van der Waals surface area contributed by atoms with E-state index in [-0.39, 0.29) is 39.0 Å².